The third-order valence-corrected chi connectivity index (χ3v) is 3.42. The SMILES string of the molecule is COC(=O)CC1(N)c2ccccc2OCC1C. The van der Waals surface area contributed by atoms with E-state index in [0.29, 0.717) is 6.61 Å². The second-order valence-electron chi connectivity index (χ2n) is 4.50. The Hall–Kier alpha value is -1.55. The molecule has 4 nitrogen and oxygen atoms in total. The summed E-state index contributed by atoms with van der Waals surface area (Å²) in [7, 11) is 1.38. The lowest BCUT2D eigenvalue weighted by atomic mass is 9.76. The molecule has 2 unspecified atom stereocenters. The van der Waals surface area contributed by atoms with Crippen LogP contribution in [0, 0.1) is 5.92 Å². The molecule has 0 saturated carbocycles. The van der Waals surface area contributed by atoms with Crippen molar-refractivity contribution in [3.63, 3.8) is 0 Å². The number of benzene rings is 1. The molecular weight excluding hydrogens is 218 g/mol. The number of fused-ring (bicyclic) bond motifs is 1. The summed E-state index contributed by atoms with van der Waals surface area (Å²) in [4.78, 5) is 11.5. The van der Waals surface area contributed by atoms with Crippen LogP contribution < -0.4 is 10.5 Å². The molecule has 0 bridgehead atoms. The Balaban J connectivity index is 2.40. The van der Waals surface area contributed by atoms with Crippen molar-refractivity contribution >= 4 is 5.97 Å². The van der Waals surface area contributed by atoms with Crippen LogP contribution in [0.3, 0.4) is 0 Å². The molecule has 2 rings (SSSR count). The quantitative estimate of drug-likeness (QED) is 0.788. The van der Waals surface area contributed by atoms with Gasteiger partial charge >= 0.3 is 5.97 Å². The van der Waals surface area contributed by atoms with Crippen LogP contribution in [0.15, 0.2) is 24.3 Å². The highest BCUT2D eigenvalue weighted by Gasteiger charge is 2.41. The number of esters is 1. The number of nitrogens with two attached hydrogens (primary N) is 1. The van der Waals surface area contributed by atoms with Crippen LogP contribution in [0.1, 0.15) is 18.9 Å². The van der Waals surface area contributed by atoms with Crippen LogP contribution in [-0.4, -0.2) is 19.7 Å². The molecule has 92 valence electrons. The number of ether oxygens (including phenoxy) is 2. The Bertz CT molecular complexity index is 432. The van der Waals surface area contributed by atoms with Crippen molar-refractivity contribution in [2.75, 3.05) is 13.7 Å². The monoisotopic (exact) mass is 235 g/mol. The van der Waals surface area contributed by atoms with E-state index in [1.54, 1.807) is 0 Å². The predicted molar refractivity (Wildman–Crippen MR) is 63.6 cm³/mol. The van der Waals surface area contributed by atoms with Crippen molar-refractivity contribution in [1.29, 1.82) is 0 Å². The van der Waals surface area contributed by atoms with Crippen molar-refractivity contribution in [2.24, 2.45) is 11.7 Å². The Morgan fingerprint density at radius 1 is 1.59 bits per heavy atom. The first-order valence-electron chi connectivity index (χ1n) is 5.66. The molecule has 0 spiro atoms. The molecule has 0 amide bonds. The van der Waals surface area contributed by atoms with Gasteiger partial charge in [0, 0.05) is 11.5 Å². The van der Waals surface area contributed by atoms with Gasteiger partial charge in [0.25, 0.3) is 0 Å². The Labute approximate surface area is 101 Å². The summed E-state index contributed by atoms with van der Waals surface area (Å²) < 4.78 is 10.3. The van der Waals surface area contributed by atoms with E-state index in [1.807, 2.05) is 31.2 Å². The number of carbonyl (C=O) groups excluding carboxylic acids is 1. The highest BCUT2D eigenvalue weighted by molar-refractivity contribution is 5.71. The van der Waals surface area contributed by atoms with Crippen molar-refractivity contribution < 1.29 is 14.3 Å². The first-order valence-corrected chi connectivity index (χ1v) is 5.66. The number of carbonyl (C=O) groups is 1. The van der Waals surface area contributed by atoms with Crippen LogP contribution in [0.4, 0.5) is 0 Å². The van der Waals surface area contributed by atoms with Crippen molar-refractivity contribution in [3.05, 3.63) is 29.8 Å². The highest BCUT2D eigenvalue weighted by atomic mass is 16.5. The molecule has 0 radical (unpaired) electrons. The maximum atomic E-state index is 11.5. The molecule has 2 N–H and O–H groups in total. The van der Waals surface area contributed by atoms with E-state index in [0.717, 1.165) is 11.3 Å². The molecule has 1 heterocycles. The summed E-state index contributed by atoms with van der Waals surface area (Å²) in [6.07, 6.45) is 0.172. The molecule has 2 atom stereocenters. The maximum Gasteiger partial charge on any atom is 0.307 e. The highest BCUT2D eigenvalue weighted by Crippen LogP contribution is 2.40. The molecule has 0 aliphatic carbocycles. The van der Waals surface area contributed by atoms with Gasteiger partial charge in [0.1, 0.15) is 5.75 Å². The molecule has 1 aliphatic heterocycles. The second kappa shape index (κ2) is 4.37. The Morgan fingerprint density at radius 2 is 2.29 bits per heavy atom. The van der Waals surface area contributed by atoms with Gasteiger partial charge in [0.15, 0.2) is 0 Å². The largest absolute Gasteiger partial charge is 0.493 e. The summed E-state index contributed by atoms with van der Waals surface area (Å²) in [5, 5.41) is 0. The normalized spacial score (nSPS) is 26.9. The number of rotatable bonds is 2. The Kier molecular flexibility index (Phi) is 3.07. The van der Waals surface area contributed by atoms with Gasteiger partial charge in [-0.05, 0) is 6.07 Å². The zero-order valence-electron chi connectivity index (χ0n) is 10.1. The first kappa shape index (κ1) is 11.9. The summed E-state index contributed by atoms with van der Waals surface area (Å²) in [6, 6.07) is 7.58. The van der Waals surface area contributed by atoms with E-state index in [-0.39, 0.29) is 18.3 Å². The van der Waals surface area contributed by atoms with Gasteiger partial charge in [0.2, 0.25) is 0 Å². The van der Waals surface area contributed by atoms with Crippen molar-refractivity contribution in [2.45, 2.75) is 18.9 Å². The number of methoxy groups -OCH3 is 1. The smallest absolute Gasteiger partial charge is 0.307 e. The van der Waals surface area contributed by atoms with Crippen molar-refractivity contribution in [1.82, 2.24) is 0 Å². The summed E-state index contributed by atoms with van der Waals surface area (Å²) in [5.41, 5.74) is 6.58. The lowest BCUT2D eigenvalue weighted by Crippen LogP contribution is -2.49. The molecule has 0 saturated heterocycles. The minimum absolute atomic E-state index is 0.0662. The molecule has 0 aromatic heterocycles. The van der Waals surface area contributed by atoms with Crippen LogP contribution in [0.25, 0.3) is 0 Å². The van der Waals surface area contributed by atoms with E-state index < -0.39 is 5.54 Å². The fourth-order valence-corrected chi connectivity index (χ4v) is 2.19. The van der Waals surface area contributed by atoms with Crippen LogP contribution in [0.2, 0.25) is 0 Å². The summed E-state index contributed by atoms with van der Waals surface area (Å²) in [5.74, 6) is 0.532. The number of hydrogen-bond acceptors (Lipinski definition) is 4. The van der Waals surface area contributed by atoms with Gasteiger partial charge in [-0.3, -0.25) is 4.79 Å². The van der Waals surface area contributed by atoms with E-state index in [1.165, 1.54) is 7.11 Å². The third-order valence-electron chi connectivity index (χ3n) is 3.42. The van der Waals surface area contributed by atoms with Gasteiger partial charge in [0.05, 0.1) is 25.7 Å². The van der Waals surface area contributed by atoms with Crippen LogP contribution in [0.5, 0.6) is 5.75 Å². The van der Waals surface area contributed by atoms with E-state index in [2.05, 4.69) is 0 Å². The third kappa shape index (κ3) is 2.00. The fourth-order valence-electron chi connectivity index (χ4n) is 2.19. The van der Waals surface area contributed by atoms with Gasteiger partial charge in [-0.15, -0.1) is 0 Å². The predicted octanol–water partition coefficient (Wildman–Crippen LogP) is 1.43. The molecular formula is C13H17NO3. The molecule has 4 heteroatoms. The summed E-state index contributed by atoms with van der Waals surface area (Å²) >= 11 is 0. The van der Waals surface area contributed by atoms with Crippen molar-refractivity contribution in [3.8, 4) is 5.75 Å². The Morgan fingerprint density at radius 3 is 3.00 bits per heavy atom. The molecule has 17 heavy (non-hydrogen) atoms. The molecule has 1 aromatic carbocycles. The van der Waals surface area contributed by atoms with E-state index in [9.17, 15) is 4.79 Å². The first-order chi connectivity index (χ1) is 8.08. The van der Waals surface area contributed by atoms with Gasteiger partial charge in [-0.2, -0.15) is 0 Å². The number of hydrogen-bond donors (Lipinski definition) is 1. The zero-order chi connectivity index (χ0) is 12.5. The minimum Gasteiger partial charge on any atom is -0.493 e. The van der Waals surface area contributed by atoms with Gasteiger partial charge < -0.3 is 15.2 Å². The van der Waals surface area contributed by atoms with Crippen LogP contribution in [-0.2, 0) is 15.1 Å². The standard InChI is InChI=1S/C13H17NO3/c1-9-8-17-11-6-4-3-5-10(11)13(9,14)7-12(15)16-2/h3-6,9H,7-8,14H2,1-2H3. The topological polar surface area (TPSA) is 61.5 Å². The lowest BCUT2D eigenvalue weighted by molar-refractivity contribution is -0.143. The fraction of sp³-hybridized carbons (Fsp3) is 0.462. The molecule has 1 aliphatic rings. The number of para-hydroxylation sites is 1. The van der Waals surface area contributed by atoms with Gasteiger partial charge in [-0.1, -0.05) is 25.1 Å². The average molecular weight is 235 g/mol. The minimum atomic E-state index is -0.706. The average Bonchev–Trinajstić information content (AvgIpc) is 2.34. The van der Waals surface area contributed by atoms with Gasteiger partial charge in [-0.25, -0.2) is 0 Å². The van der Waals surface area contributed by atoms with E-state index >= 15 is 0 Å². The molecule has 0 fully saturated rings. The van der Waals surface area contributed by atoms with E-state index in [4.69, 9.17) is 15.2 Å². The zero-order valence-corrected chi connectivity index (χ0v) is 10.1. The van der Waals surface area contributed by atoms with Crippen LogP contribution >= 0.6 is 0 Å². The summed E-state index contributed by atoms with van der Waals surface area (Å²) in [6.45, 7) is 2.50. The maximum absolute atomic E-state index is 11.5. The lowest BCUT2D eigenvalue weighted by Gasteiger charge is -2.40. The second-order valence-corrected chi connectivity index (χ2v) is 4.50. The molecule has 1 aromatic rings.